The van der Waals surface area contributed by atoms with Crippen LogP contribution in [0.3, 0.4) is 0 Å². The molecular formula is C17H25N3O. The third kappa shape index (κ3) is 2.97. The molecule has 21 heavy (non-hydrogen) atoms. The number of nitrogens with zero attached hydrogens (tertiary/aromatic N) is 2. The van der Waals surface area contributed by atoms with Gasteiger partial charge in [-0.1, -0.05) is 31.4 Å². The highest BCUT2D eigenvalue weighted by atomic mass is 16.2. The number of piperazine rings is 1. The van der Waals surface area contributed by atoms with Crippen molar-refractivity contribution in [1.82, 2.24) is 4.90 Å². The summed E-state index contributed by atoms with van der Waals surface area (Å²) in [5, 5.41) is 0. The van der Waals surface area contributed by atoms with Crippen molar-refractivity contribution in [3.8, 4) is 0 Å². The lowest BCUT2D eigenvalue weighted by atomic mass is 9.77. The summed E-state index contributed by atoms with van der Waals surface area (Å²) in [6.07, 6.45) is 5.79. The van der Waals surface area contributed by atoms with Gasteiger partial charge in [0.2, 0.25) is 5.91 Å². The van der Waals surface area contributed by atoms with Crippen LogP contribution in [0.15, 0.2) is 24.3 Å². The molecule has 4 heteroatoms. The maximum Gasteiger partial charge on any atom is 0.241 e. The standard InChI is InChI=1S/C17H25N3O/c1-19-10-11-20(16(21)13-19)15-7-5-6-14(12-15)17(18)8-3-2-4-9-17/h5-7,12H,2-4,8-11,13,18H2,1H3. The number of carbonyl (C=O) groups is 1. The number of benzene rings is 1. The topological polar surface area (TPSA) is 49.6 Å². The van der Waals surface area contributed by atoms with Gasteiger partial charge >= 0.3 is 0 Å². The molecule has 0 bridgehead atoms. The van der Waals surface area contributed by atoms with E-state index in [2.05, 4.69) is 17.0 Å². The molecule has 2 N–H and O–H groups in total. The minimum absolute atomic E-state index is 0.176. The zero-order chi connectivity index (χ0) is 14.9. The molecule has 1 aromatic rings. The lowest BCUT2D eigenvalue weighted by molar-refractivity contribution is -0.120. The van der Waals surface area contributed by atoms with E-state index in [1.807, 2.05) is 24.1 Å². The first-order chi connectivity index (χ1) is 10.1. The Bertz CT molecular complexity index is 523. The normalized spacial score (nSPS) is 23.3. The maximum absolute atomic E-state index is 12.2. The molecule has 1 heterocycles. The van der Waals surface area contributed by atoms with Gasteiger partial charge in [0.05, 0.1) is 6.54 Å². The SMILES string of the molecule is CN1CCN(c2cccc(C3(N)CCCCC3)c2)C(=O)C1. The molecule has 1 aliphatic carbocycles. The molecule has 0 spiro atoms. The fourth-order valence-electron chi connectivity index (χ4n) is 3.52. The van der Waals surface area contributed by atoms with Crippen molar-refractivity contribution in [3.63, 3.8) is 0 Å². The average molecular weight is 287 g/mol. The molecule has 3 rings (SSSR count). The molecule has 1 saturated heterocycles. The van der Waals surface area contributed by atoms with Crippen molar-refractivity contribution in [2.75, 3.05) is 31.6 Å². The summed E-state index contributed by atoms with van der Waals surface area (Å²) in [5.41, 5.74) is 8.61. The van der Waals surface area contributed by atoms with E-state index >= 15 is 0 Å². The first-order valence-corrected chi connectivity index (χ1v) is 7.97. The van der Waals surface area contributed by atoms with Gasteiger partial charge in [0.1, 0.15) is 0 Å². The second-order valence-electron chi connectivity index (χ2n) is 6.55. The van der Waals surface area contributed by atoms with Gasteiger partial charge in [-0.2, -0.15) is 0 Å². The maximum atomic E-state index is 12.2. The Morgan fingerprint density at radius 2 is 1.90 bits per heavy atom. The zero-order valence-corrected chi connectivity index (χ0v) is 12.8. The number of amides is 1. The molecule has 0 aromatic heterocycles. The first kappa shape index (κ1) is 14.5. The first-order valence-electron chi connectivity index (χ1n) is 7.97. The highest BCUT2D eigenvalue weighted by Crippen LogP contribution is 2.36. The summed E-state index contributed by atoms with van der Waals surface area (Å²) in [6.45, 7) is 2.18. The Hall–Kier alpha value is -1.39. The fourth-order valence-corrected chi connectivity index (χ4v) is 3.52. The van der Waals surface area contributed by atoms with E-state index in [1.165, 1.54) is 24.8 Å². The number of likely N-dealkylation sites (N-methyl/N-ethyl adjacent to an activating group) is 1. The van der Waals surface area contributed by atoms with E-state index in [4.69, 9.17) is 5.73 Å². The summed E-state index contributed by atoms with van der Waals surface area (Å²) >= 11 is 0. The van der Waals surface area contributed by atoms with Crippen LogP contribution in [-0.2, 0) is 10.3 Å². The molecule has 2 fully saturated rings. The molecular weight excluding hydrogens is 262 g/mol. The van der Waals surface area contributed by atoms with Gasteiger partial charge in [0, 0.05) is 24.3 Å². The van der Waals surface area contributed by atoms with E-state index < -0.39 is 0 Å². The van der Waals surface area contributed by atoms with Gasteiger partial charge < -0.3 is 10.6 Å². The molecule has 1 saturated carbocycles. The van der Waals surface area contributed by atoms with E-state index in [0.717, 1.165) is 31.6 Å². The molecule has 0 atom stereocenters. The minimum Gasteiger partial charge on any atom is -0.321 e. The van der Waals surface area contributed by atoms with Gasteiger partial charge in [0.15, 0.2) is 0 Å². The molecule has 0 radical (unpaired) electrons. The van der Waals surface area contributed by atoms with Crippen molar-refractivity contribution >= 4 is 11.6 Å². The Morgan fingerprint density at radius 1 is 1.14 bits per heavy atom. The number of rotatable bonds is 2. The summed E-state index contributed by atoms with van der Waals surface area (Å²) in [7, 11) is 1.99. The van der Waals surface area contributed by atoms with Gasteiger partial charge in [-0.3, -0.25) is 9.69 Å². The van der Waals surface area contributed by atoms with Crippen LogP contribution < -0.4 is 10.6 Å². The van der Waals surface area contributed by atoms with Gasteiger partial charge in [0.25, 0.3) is 0 Å². The second-order valence-corrected chi connectivity index (χ2v) is 6.55. The molecule has 4 nitrogen and oxygen atoms in total. The van der Waals surface area contributed by atoms with Crippen molar-refractivity contribution < 1.29 is 4.79 Å². The highest BCUT2D eigenvalue weighted by Gasteiger charge is 2.30. The molecule has 114 valence electrons. The number of nitrogens with two attached hydrogens (primary N) is 1. The highest BCUT2D eigenvalue weighted by molar-refractivity contribution is 5.95. The van der Waals surface area contributed by atoms with E-state index in [9.17, 15) is 4.79 Å². The predicted octanol–water partition coefficient (Wildman–Crippen LogP) is 2.08. The van der Waals surface area contributed by atoms with E-state index in [-0.39, 0.29) is 11.4 Å². The van der Waals surface area contributed by atoms with Crippen LogP contribution in [0, 0.1) is 0 Å². The summed E-state index contributed by atoms with van der Waals surface area (Å²) in [6, 6.07) is 8.32. The molecule has 1 aromatic carbocycles. The summed E-state index contributed by atoms with van der Waals surface area (Å²) in [4.78, 5) is 16.2. The Balaban J connectivity index is 1.84. The molecule has 2 aliphatic rings. The predicted molar refractivity (Wildman–Crippen MR) is 85.2 cm³/mol. The van der Waals surface area contributed by atoms with Crippen LogP contribution in [0.5, 0.6) is 0 Å². The van der Waals surface area contributed by atoms with Crippen LogP contribution in [0.25, 0.3) is 0 Å². The Kier molecular flexibility index (Phi) is 4.00. The van der Waals surface area contributed by atoms with Crippen molar-refractivity contribution in [2.24, 2.45) is 5.73 Å². The third-order valence-corrected chi connectivity index (χ3v) is 4.89. The summed E-state index contributed by atoms with van der Waals surface area (Å²) in [5.74, 6) is 0.176. The van der Waals surface area contributed by atoms with Gasteiger partial charge in [-0.05, 0) is 37.6 Å². The van der Waals surface area contributed by atoms with Crippen LogP contribution in [0.2, 0.25) is 0 Å². The quantitative estimate of drug-likeness (QED) is 0.906. The van der Waals surface area contributed by atoms with Crippen LogP contribution in [0.4, 0.5) is 5.69 Å². The summed E-state index contributed by atoms with van der Waals surface area (Å²) < 4.78 is 0. The second kappa shape index (κ2) is 5.78. The van der Waals surface area contributed by atoms with Crippen LogP contribution in [0.1, 0.15) is 37.7 Å². The monoisotopic (exact) mass is 287 g/mol. The Labute approximate surface area is 126 Å². The smallest absolute Gasteiger partial charge is 0.241 e. The number of carbonyl (C=O) groups excluding carboxylic acids is 1. The zero-order valence-electron chi connectivity index (χ0n) is 12.8. The number of hydrogen-bond donors (Lipinski definition) is 1. The van der Waals surface area contributed by atoms with E-state index in [1.54, 1.807) is 0 Å². The van der Waals surface area contributed by atoms with Crippen LogP contribution in [-0.4, -0.2) is 37.5 Å². The van der Waals surface area contributed by atoms with Crippen molar-refractivity contribution in [3.05, 3.63) is 29.8 Å². The molecule has 0 unspecified atom stereocenters. The largest absolute Gasteiger partial charge is 0.321 e. The fraction of sp³-hybridized carbons (Fsp3) is 0.588. The molecule has 1 aliphatic heterocycles. The molecule has 1 amide bonds. The third-order valence-electron chi connectivity index (χ3n) is 4.89. The van der Waals surface area contributed by atoms with Gasteiger partial charge in [-0.25, -0.2) is 0 Å². The van der Waals surface area contributed by atoms with Crippen molar-refractivity contribution in [2.45, 2.75) is 37.6 Å². The lowest BCUT2D eigenvalue weighted by Crippen LogP contribution is -2.49. The minimum atomic E-state index is -0.204. The van der Waals surface area contributed by atoms with Crippen LogP contribution >= 0.6 is 0 Å². The number of anilines is 1. The average Bonchev–Trinajstić information content (AvgIpc) is 2.48. The van der Waals surface area contributed by atoms with Gasteiger partial charge in [-0.15, -0.1) is 0 Å². The van der Waals surface area contributed by atoms with E-state index in [0.29, 0.717) is 6.54 Å². The van der Waals surface area contributed by atoms with Crippen molar-refractivity contribution in [1.29, 1.82) is 0 Å². The lowest BCUT2D eigenvalue weighted by Gasteiger charge is -2.36. The number of hydrogen-bond acceptors (Lipinski definition) is 3. The Morgan fingerprint density at radius 3 is 2.62 bits per heavy atom.